The number of carbonyl (C=O) groups excluding carboxylic acids is 3. The monoisotopic (exact) mass is 265 g/mol. The highest BCUT2D eigenvalue weighted by molar-refractivity contribution is 6.07. The SMILES string of the molecule is CCC1C(=O)NC(=O)CN1C(=O)c1c(C)noc1C. The van der Waals surface area contributed by atoms with E-state index < -0.39 is 23.8 Å². The van der Waals surface area contributed by atoms with Crippen LogP contribution in [0.2, 0.25) is 0 Å². The van der Waals surface area contributed by atoms with Crippen molar-refractivity contribution in [2.45, 2.75) is 33.2 Å². The zero-order valence-corrected chi connectivity index (χ0v) is 11.0. The molecule has 1 aliphatic rings. The molecule has 1 saturated heterocycles. The second-order valence-corrected chi connectivity index (χ2v) is 4.47. The van der Waals surface area contributed by atoms with Gasteiger partial charge >= 0.3 is 0 Å². The number of piperazine rings is 1. The van der Waals surface area contributed by atoms with Crippen LogP contribution in [-0.2, 0) is 9.59 Å². The lowest BCUT2D eigenvalue weighted by molar-refractivity contribution is -0.138. The van der Waals surface area contributed by atoms with Gasteiger partial charge in [-0.2, -0.15) is 0 Å². The number of nitrogens with zero attached hydrogens (tertiary/aromatic N) is 2. The smallest absolute Gasteiger partial charge is 0.260 e. The Hall–Kier alpha value is -2.18. The Morgan fingerprint density at radius 1 is 1.47 bits per heavy atom. The molecule has 1 atom stereocenters. The van der Waals surface area contributed by atoms with E-state index in [1.807, 2.05) is 0 Å². The molecule has 7 heteroatoms. The van der Waals surface area contributed by atoms with Gasteiger partial charge in [0.15, 0.2) is 0 Å². The number of hydrogen-bond acceptors (Lipinski definition) is 5. The summed E-state index contributed by atoms with van der Waals surface area (Å²) in [5.41, 5.74) is 0.775. The highest BCUT2D eigenvalue weighted by Crippen LogP contribution is 2.19. The lowest BCUT2D eigenvalue weighted by atomic mass is 10.1. The van der Waals surface area contributed by atoms with Gasteiger partial charge in [-0.25, -0.2) is 0 Å². The van der Waals surface area contributed by atoms with Crippen molar-refractivity contribution in [1.29, 1.82) is 0 Å². The number of aromatic nitrogens is 1. The van der Waals surface area contributed by atoms with E-state index in [9.17, 15) is 14.4 Å². The van der Waals surface area contributed by atoms with Gasteiger partial charge in [0.05, 0.1) is 5.69 Å². The largest absolute Gasteiger partial charge is 0.361 e. The van der Waals surface area contributed by atoms with Crippen LogP contribution >= 0.6 is 0 Å². The van der Waals surface area contributed by atoms with Crippen LogP contribution < -0.4 is 5.32 Å². The molecular weight excluding hydrogens is 250 g/mol. The lowest BCUT2D eigenvalue weighted by Gasteiger charge is -2.33. The van der Waals surface area contributed by atoms with E-state index in [0.717, 1.165) is 0 Å². The third kappa shape index (κ3) is 2.23. The van der Waals surface area contributed by atoms with Crippen molar-refractivity contribution < 1.29 is 18.9 Å². The molecular formula is C12H15N3O4. The highest BCUT2D eigenvalue weighted by atomic mass is 16.5. The first-order chi connectivity index (χ1) is 8.95. The second-order valence-electron chi connectivity index (χ2n) is 4.47. The Morgan fingerprint density at radius 3 is 2.68 bits per heavy atom. The Balaban J connectivity index is 2.36. The van der Waals surface area contributed by atoms with Crippen molar-refractivity contribution in [3.63, 3.8) is 0 Å². The van der Waals surface area contributed by atoms with E-state index in [1.165, 1.54) is 4.90 Å². The Bertz CT molecular complexity index is 530. The minimum atomic E-state index is -0.640. The third-order valence-electron chi connectivity index (χ3n) is 3.15. The number of hydrogen-bond donors (Lipinski definition) is 1. The lowest BCUT2D eigenvalue weighted by Crippen LogP contribution is -2.59. The van der Waals surface area contributed by atoms with Crippen molar-refractivity contribution in [2.75, 3.05) is 6.54 Å². The molecule has 7 nitrogen and oxygen atoms in total. The molecule has 3 amide bonds. The van der Waals surface area contributed by atoms with Crippen LogP contribution in [0, 0.1) is 13.8 Å². The average Bonchev–Trinajstić information content (AvgIpc) is 2.67. The van der Waals surface area contributed by atoms with Crippen LogP contribution in [0.5, 0.6) is 0 Å². The number of carbonyl (C=O) groups is 3. The van der Waals surface area contributed by atoms with Gasteiger partial charge in [-0.1, -0.05) is 12.1 Å². The Labute approximate surface area is 109 Å². The predicted octanol–water partition coefficient (Wildman–Crippen LogP) is 0.169. The number of rotatable bonds is 2. The van der Waals surface area contributed by atoms with Gasteiger partial charge in [0, 0.05) is 0 Å². The van der Waals surface area contributed by atoms with Gasteiger partial charge in [-0.05, 0) is 20.3 Å². The molecule has 0 saturated carbocycles. The molecule has 1 aromatic heterocycles. The van der Waals surface area contributed by atoms with E-state index in [-0.39, 0.29) is 6.54 Å². The molecule has 0 aromatic carbocycles. The number of nitrogens with one attached hydrogen (secondary N) is 1. The van der Waals surface area contributed by atoms with Crippen molar-refractivity contribution in [3.8, 4) is 0 Å². The summed E-state index contributed by atoms with van der Waals surface area (Å²) in [5.74, 6) is -0.934. The maximum Gasteiger partial charge on any atom is 0.260 e. The zero-order chi connectivity index (χ0) is 14.2. The summed E-state index contributed by atoms with van der Waals surface area (Å²) in [5, 5.41) is 5.94. The third-order valence-corrected chi connectivity index (χ3v) is 3.15. The quantitative estimate of drug-likeness (QED) is 0.769. The summed E-state index contributed by atoms with van der Waals surface area (Å²) in [7, 11) is 0. The first-order valence-corrected chi connectivity index (χ1v) is 6.03. The topological polar surface area (TPSA) is 92.5 Å². The van der Waals surface area contributed by atoms with Crippen molar-refractivity contribution in [1.82, 2.24) is 15.4 Å². The summed E-state index contributed by atoms with van der Waals surface area (Å²) < 4.78 is 4.95. The van der Waals surface area contributed by atoms with Crippen LogP contribution in [0.25, 0.3) is 0 Å². The fourth-order valence-corrected chi connectivity index (χ4v) is 2.22. The molecule has 0 radical (unpaired) electrons. The molecule has 0 spiro atoms. The minimum absolute atomic E-state index is 0.132. The predicted molar refractivity (Wildman–Crippen MR) is 64.2 cm³/mol. The standard InChI is InChI=1S/C12H15N3O4/c1-4-8-11(17)13-9(16)5-15(8)12(18)10-6(2)14-19-7(10)3/h8H,4-5H2,1-3H3,(H,13,16,17). The van der Waals surface area contributed by atoms with Gasteiger partial charge in [-0.15, -0.1) is 0 Å². The van der Waals surface area contributed by atoms with E-state index in [4.69, 9.17) is 4.52 Å². The van der Waals surface area contributed by atoms with Gasteiger partial charge in [0.1, 0.15) is 23.9 Å². The van der Waals surface area contributed by atoms with E-state index in [1.54, 1.807) is 20.8 Å². The second kappa shape index (κ2) is 4.83. The summed E-state index contributed by atoms with van der Waals surface area (Å²) in [4.78, 5) is 36.9. The Morgan fingerprint density at radius 2 is 2.16 bits per heavy atom. The highest BCUT2D eigenvalue weighted by Gasteiger charge is 2.37. The van der Waals surface area contributed by atoms with Crippen molar-refractivity contribution >= 4 is 17.7 Å². The van der Waals surface area contributed by atoms with Crippen LogP contribution in [0.1, 0.15) is 35.2 Å². The van der Waals surface area contributed by atoms with Gasteiger partial charge in [-0.3, -0.25) is 19.7 Å². The summed E-state index contributed by atoms with van der Waals surface area (Å²) >= 11 is 0. The maximum atomic E-state index is 12.5. The molecule has 19 heavy (non-hydrogen) atoms. The normalized spacial score (nSPS) is 19.5. The van der Waals surface area contributed by atoms with Crippen LogP contribution in [-0.4, -0.2) is 40.4 Å². The Kier molecular flexibility index (Phi) is 3.37. The van der Waals surface area contributed by atoms with Crippen LogP contribution in [0.3, 0.4) is 0 Å². The van der Waals surface area contributed by atoms with Gasteiger partial charge in [0.2, 0.25) is 11.8 Å². The minimum Gasteiger partial charge on any atom is -0.361 e. The first-order valence-electron chi connectivity index (χ1n) is 6.03. The molecule has 2 heterocycles. The van der Waals surface area contributed by atoms with E-state index in [0.29, 0.717) is 23.4 Å². The van der Waals surface area contributed by atoms with Crippen LogP contribution in [0.15, 0.2) is 4.52 Å². The van der Waals surface area contributed by atoms with Crippen LogP contribution in [0.4, 0.5) is 0 Å². The number of amides is 3. The van der Waals surface area contributed by atoms with Gasteiger partial charge in [0.25, 0.3) is 5.91 Å². The fraction of sp³-hybridized carbons (Fsp3) is 0.500. The van der Waals surface area contributed by atoms with E-state index in [2.05, 4.69) is 10.5 Å². The molecule has 2 rings (SSSR count). The summed E-state index contributed by atoms with van der Waals surface area (Å²) in [6.07, 6.45) is 0.439. The molecule has 102 valence electrons. The molecule has 1 aliphatic heterocycles. The van der Waals surface area contributed by atoms with Gasteiger partial charge < -0.3 is 9.42 Å². The maximum absolute atomic E-state index is 12.5. The number of imide groups is 1. The summed E-state index contributed by atoms with van der Waals surface area (Å²) in [6.45, 7) is 4.93. The molecule has 1 unspecified atom stereocenters. The molecule has 1 aromatic rings. The van der Waals surface area contributed by atoms with Crippen molar-refractivity contribution in [3.05, 3.63) is 17.0 Å². The van der Waals surface area contributed by atoms with Crippen molar-refractivity contribution in [2.24, 2.45) is 0 Å². The fourth-order valence-electron chi connectivity index (χ4n) is 2.22. The molecule has 0 aliphatic carbocycles. The number of aryl methyl sites for hydroxylation is 2. The zero-order valence-electron chi connectivity index (χ0n) is 11.0. The first kappa shape index (κ1) is 13.3. The molecule has 1 N–H and O–H groups in total. The molecule has 0 bridgehead atoms. The molecule has 1 fully saturated rings. The summed E-state index contributed by atoms with van der Waals surface area (Å²) in [6, 6.07) is -0.640. The van der Waals surface area contributed by atoms with E-state index >= 15 is 0 Å². The average molecular weight is 265 g/mol.